The summed E-state index contributed by atoms with van der Waals surface area (Å²) in [4.78, 5) is 11.5. The van der Waals surface area contributed by atoms with Crippen LogP contribution in [0.3, 0.4) is 0 Å². The number of benzene rings is 1. The second-order valence-corrected chi connectivity index (χ2v) is 11.6. The molecule has 0 radical (unpaired) electrons. The fourth-order valence-electron chi connectivity index (χ4n) is 6.78. The van der Waals surface area contributed by atoms with Gasteiger partial charge in [-0.2, -0.15) is 8.42 Å². The third kappa shape index (κ3) is 4.65. The Hall–Kier alpha value is -1.84. The van der Waals surface area contributed by atoms with Gasteiger partial charge >= 0.3 is 16.4 Å². The molecule has 0 amide bonds. The van der Waals surface area contributed by atoms with Gasteiger partial charge < -0.3 is 39.2 Å². The molecule has 0 aromatic heterocycles. The molecule has 12 nitrogen and oxygen atoms in total. The number of aliphatic carboxylic acids is 1. The van der Waals surface area contributed by atoms with Crippen molar-refractivity contribution in [2.45, 2.75) is 87.8 Å². The maximum absolute atomic E-state index is 11.5. The van der Waals surface area contributed by atoms with Gasteiger partial charge in [0, 0.05) is 0 Å². The second-order valence-electron chi connectivity index (χ2n) is 10.5. The molecule has 37 heavy (non-hydrogen) atoms. The average molecular weight is 548 g/mol. The number of fused-ring (bicyclic) bond motifs is 5. The van der Waals surface area contributed by atoms with Crippen molar-refractivity contribution >= 4 is 16.4 Å². The van der Waals surface area contributed by atoms with Crippen LogP contribution in [0.5, 0.6) is 5.75 Å². The number of aliphatic hydroxyl groups is 4. The van der Waals surface area contributed by atoms with E-state index in [-0.39, 0.29) is 36.3 Å². The molecule has 1 aromatic carbocycles. The highest BCUT2D eigenvalue weighted by molar-refractivity contribution is 7.81. The zero-order chi connectivity index (χ0) is 29.5. The van der Waals surface area contributed by atoms with Crippen LogP contribution in [0.1, 0.15) is 53.8 Å². The van der Waals surface area contributed by atoms with E-state index in [1.54, 1.807) is 6.92 Å². The summed E-state index contributed by atoms with van der Waals surface area (Å²) in [5, 5.41) is 51.3. The first kappa shape index (κ1) is 23.1. The molecule has 0 bridgehead atoms. The quantitative estimate of drug-likeness (QED) is 0.269. The summed E-state index contributed by atoms with van der Waals surface area (Å²) < 4.78 is 72.6. The van der Waals surface area contributed by atoms with Crippen LogP contribution in [-0.4, -0.2) is 87.4 Å². The van der Waals surface area contributed by atoms with Crippen LogP contribution in [-0.2, 0) is 31.1 Å². The van der Waals surface area contributed by atoms with Crippen molar-refractivity contribution in [1.29, 1.82) is 0 Å². The zero-order valence-corrected chi connectivity index (χ0v) is 20.7. The Morgan fingerprint density at radius 1 is 1.22 bits per heavy atom. The molecule has 13 heteroatoms. The maximum Gasteiger partial charge on any atom is 0.446 e. The number of carboxylic acids is 1. The van der Waals surface area contributed by atoms with Gasteiger partial charge in [0.25, 0.3) is 0 Å². The molecule has 0 spiro atoms. The first-order chi connectivity index (χ1) is 18.5. The van der Waals surface area contributed by atoms with E-state index in [0.717, 1.165) is 0 Å². The number of ether oxygens (including phenoxy) is 2. The summed E-state index contributed by atoms with van der Waals surface area (Å²) in [5.74, 6) is -2.77. The topological polar surface area (TPSA) is 200 Å². The first-order valence-corrected chi connectivity index (χ1v) is 13.4. The Balaban J connectivity index is 1.42. The number of hydrogen-bond donors (Lipinski definition) is 6. The third-order valence-electron chi connectivity index (χ3n) is 8.58. The maximum atomic E-state index is 11.5. The van der Waals surface area contributed by atoms with E-state index in [9.17, 15) is 38.7 Å². The van der Waals surface area contributed by atoms with Crippen molar-refractivity contribution in [3.05, 3.63) is 29.3 Å². The van der Waals surface area contributed by atoms with Crippen molar-refractivity contribution in [2.75, 3.05) is 0 Å². The molecule has 11 atom stereocenters. The van der Waals surface area contributed by atoms with Crippen molar-refractivity contribution in [2.24, 2.45) is 17.3 Å². The van der Waals surface area contributed by atoms with E-state index >= 15 is 0 Å². The summed E-state index contributed by atoms with van der Waals surface area (Å²) in [6, 6.07) is 0.750. The molecule has 5 rings (SSSR count). The molecular formula is C24H32O12S. The molecule has 1 heterocycles. The van der Waals surface area contributed by atoms with E-state index in [2.05, 4.69) is 4.18 Å². The van der Waals surface area contributed by atoms with Crippen molar-refractivity contribution < 1.29 is 61.1 Å². The minimum absolute atomic E-state index is 0.125. The van der Waals surface area contributed by atoms with Gasteiger partial charge in [-0.3, -0.25) is 4.55 Å². The Kier molecular flexibility index (Phi) is 5.87. The van der Waals surface area contributed by atoms with Gasteiger partial charge in [-0.1, -0.05) is 13.0 Å². The van der Waals surface area contributed by atoms with Crippen LogP contribution in [0.4, 0.5) is 0 Å². The third-order valence-corrected chi connectivity index (χ3v) is 8.96. The van der Waals surface area contributed by atoms with E-state index in [1.165, 1.54) is 6.07 Å². The van der Waals surface area contributed by atoms with E-state index in [0.29, 0.717) is 36.8 Å². The van der Waals surface area contributed by atoms with Gasteiger partial charge in [0.1, 0.15) is 24.1 Å². The standard InChI is InChI=1S/C24H32O12S/c1-24-7-6-13-12-5-3-11(36-37(31,32)33)8-10(12)2-4-14(13)15(24)9-16(21(24)28)34-23-19(27)17(25)18(26)20(35-23)22(29)30/h3,5,8,13-21,23,25-28H,2,4,6-7,9H2,1H3,(H,29,30)(H,31,32,33)/t13-,14-,15+,16-,17+,18+,19-,20+,21+,23?,24+/m1/s1/i3D,8D,21D. The molecule has 206 valence electrons. The summed E-state index contributed by atoms with van der Waals surface area (Å²) in [7, 11) is -4.93. The zero-order valence-electron chi connectivity index (χ0n) is 22.9. The van der Waals surface area contributed by atoms with E-state index < -0.39 is 70.4 Å². The van der Waals surface area contributed by atoms with Gasteiger partial charge in [-0.05, 0) is 78.5 Å². The van der Waals surface area contributed by atoms with Crippen molar-refractivity contribution in [3.63, 3.8) is 0 Å². The Labute approximate surface area is 218 Å². The molecule has 3 fully saturated rings. The normalized spacial score (nSPS) is 46.5. The summed E-state index contributed by atoms with van der Waals surface area (Å²) in [6.45, 7) is 1.76. The predicted molar refractivity (Wildman–Crippen MR) is 124 cm³/mol. The predicted octanol–water partition coefficient (Wildman–Crippen LogP) is -0.0275. The fourth-order valence-corrected chi connectivity index (χ4v) is 7.08. The number of carboxylic acid groups (broad SMARTS) is 1. The monoisotopic (exact) mass is 547 g/mol. The fraction of sp³-hybridized carbons (Fsp3) is 0.708. The minimum atomic E-state index is -4.93. The molecule has 1 saturated heterocycles. The van der Waals surface area contributed by atoms with Crippen LogP contribution < -0.4 is 4.18 Å². The Morgan fingerprint density at radius 2 is 1.95 bits per heavy atom. The summed E-state index contributed by atoms with van der Waals surface area (Å²) in [6.07, 6.45) is -10.9. The van der Waals surface area contributed by atoms with Crippen LogP contribution in [0.15, 0.2) is 18.2 Å². The van der Waals surface area contributed by atoms with Gasteiger partial charge in [-0.15, -0.1) is 0 Å². The van der Waals surface area contributed by atoms with Crippen LogP contribution in [0.25, 0.3) is 0 Å². The lowest BCUT2D eigenvalue weighted by Crippen LogP contribution is -2.61. The Morgan fingerprint density at radius 3 is 2.62 bits per heavy atom. The van der Waals surface area contributed by atoms with Crippen LogP contribution >= 0.6 is 0 Å². The lowest BCUT2D eigenvalue weighted by Gasteiger charge is -2.49. The van der Waals surface area contributed by atoms with Gasteiger partial charge in [-0.25, -0.2) is 4.79 Å². The Bertz CT molecular complexity index is 1310. The summed E-state index contributed by atoms with van der Waals surface area (Å²) in [5.41, 5.74) is 0.167. The van der Waals surface area contributed by atoms with Crippen molar-refractivity contribution in [3.8, 4) is 5.75 Å². The summed E-state index contributed by atoms with van der Waals surface area (Å²) >= 11 is 0. The highest BCUT2D eigenvalue weighted by Gasteiger charge is 2.59. The second kappa shape index (κ2) is 9.42. The lowest BCUT2D eigenvalue weighted by atomic mass is 9.55. The highest BCUT2D eigenvalue weighted by Crippen LogP contribution is 2.61. The SMILES string of the molecule is [2H]c1cc2c(c([2H])c1OS(=O)(=O)O)CC[C@@H]1[C@@H]2CC[C@@]2(C)[C@H]1C[C@@H](OC1O[C@H](C(=O)O)[C@@H](O)[C@H](O)[C@H]1O)[C@]2([2H])O. The number of aliphatic hydroxyl groups excluding tert-OH is 3. The molecule has 1 aliphatic heterocycles. The molecule has 6 N–H and O–H groups in total. The average Bonchev–Trinajstić information content (AvgIpc) is 3.06. The minimum Gasteiger partial charge on any atom is -0.479 e. The van der Waals surface area contributed by atoms with E-state index in [4.69, 9.17) is 18.1 Å². The highest BCUT2D eigenvalue weighted by atomic mass is 32.3. The molecule has 3 aliphatic carbocycles. The lowest BCUT2D eigenvalue weighted by molar-refractivity contribution is -0.309. The van der Waals surface area contributed by atoms with Crippen molar-refractivity contribution in [1.82, 2.24) is 0 Å². The molecular weight excluding hydrogens is 512 g/mol. The number of carbonyl (C=O) groups is 1. The van der Waals surface area contributed by atoms with Gasteiger partial charge in [0.15, 0.2) is 12.4 Å². The molecule has 1 unspecified atom stereocenters. The molecule has 2 saturated carbocycles. The van der Waals surface area contributed by atoms with Crippen LogP contribution in [0, 0.1) is 17.3 Å². The largest absolute Gasteiger partial charge is 0.479 e. The number of rotatable bonds is 5. The van der Waals surface area contributed by atoms with Gasteiger partial charge in [0.05, 0.1) is 16.3 Å². The van der Waals surface area contributed by atoms with E-state index in [1.807, 2.05) is 0 Å². The number of hydrogen-bond acceptors (Lipinski definition) is 10. The van der Waals surface area contributed by atoms with Crippen LogP contribution in [0.2, 0.25) is 0 Å². The first-order valence-electron chi connectivity index (χ1n) is 13.6. The van der Waals surface area contributed by atoms with Gasteiger partial charge in [0.2, 0.25) is 0 Å². The smallest absolute Gasteiger partial charge is 0.446 e. The molecule has 4 aliphatic rings. The molecule has 1 aromatic rings.